The number of nitrogens with zero attached hydrogens (tertiary/aromatic N) is 1. The lowest BCUT2D eigenvalue weighted by Gasteiger charge is -2.12. The van der Waals surface area contributed by atoms with Crippen molar-refractivity contribution >= 4 is 16.9 Å². The summed E-state index contributed by atoms with van der Waals surface area (Å²) in [5, 5.41) is 3.00. The van der Waals surface area contributed by atoms with Gasteiger partial charge in [0, 0.05) is 6.42 Å². The van der Waals surface area contributed by atoms with Crippen LogP contribution in [0.15, 0.2) is 42.5 Å². The number of rotatable bonds is 4. The summed E-state index contributed by atoms with van der Waals surface area (Å²) in [5.41, 5.74) is 4.06. The molecule has 1 aliphatic rings. The van der Waals surface area contributed by atoms with Crippen molar-refractivity contribution in [3.8, 4) is 5.75 Å². The summed E-state index contributed by atoms with van der Waals surface area (Å²) in [5.74, 6) is 1.65. The molecule has 1 aliphatic heterocycles. The number of aromatic nitrogens is 2. The van der Waals surface area contributed by atoms with Gasteiger partial charge in [0.1, 0.15) is 11.6 Å². The molecule has 4 rings (SSSR count). The highest BCUT2D eigenvalue weighted by Crippen LogP contribution is 2.26. The number of ether oxygens (including phenoxy) is 1. The van der Waals surface area contributed by atoms with Crippen molar-refractivity contribution in [2.24, 2.45) is 0 Å². The minimum atomic E-state index is -0.171. The predicted molar refractivity (Wildman–Crippen MR) is 92.0 cm³/mol. The largest absolute Gasteiger partial charge is 0.493 e. The average Bonchev–Trinajstić information content (AvgIpc) is 3.20. The van der Waals surface area contributed by atoms with E-state index in [0.717, 1.165) is 41.2 Å². The number of fused-ring (bicyclic) bond motifs is 2. The summed E-state index contributed by atoms with van der Waals surface area (Å²) < 4.78 is 5.56. The van der Waals surface area contributed by atoms with Crippen LogP contribution in [-0.4, -0.2) is 22.5 Å². The minimum Gasteiger partial charge on any atom is -0.493 e. The van der Waals surface area contributed by atoms with Gasteiger partial charge in [0.2, 0.25) is 5.91 Å². The number of H-pyrrole nitrogens is 1. The SMILES string of the molecule is CC(NC(=O)Cc1ccc2c(c1)OCC2)c1nc2ccccc2[nH]1. The molecule has 5 heteroatoms. The van der Waals surface area contributed by atoms with Crippen LogP contribution >= 0.6 is 0 Å². The van der Waals surface area contributed by atoms with E-state index in [2.05, 4.69) is 15.3 Å². The van der Waals surface area contributed by atoms with Crippen LogP contribution in [-0.2, 0) is 17.6 Å². The number of aromatic amines is 1. The first-order valence-corrected chi connectivity index (χ1v) is 8.17. The molecule has 2 heterocycles. The Morgan fingerprint density at radius 1 is 1.33 bits per heavy atom. The van der Waals surface area contributed by atoms with Gasteiger partial charge in [-0.05, 0) is 36.2 Å². The molecule has 1 atom stereocenters. The number of benzene rings is 2. The van der Waals surface area contributed by atoms with E-state index < -0.39 is 0 Å². The van der Waals surface area contributed by atoms with Gasteiger partial charge in [-0.2, -0.15) is 0 Å². The van der Waals surface area contributed by atoms with Crippen LogP contribution in [0.2, 0.25) is 0 Å². The van der Waals surface area contributed by atoms with E-state index in [1.807, 2.05) is 49.4 Å². The van der Waals surface area contributed by atoms with Crippen molar-refractivity contribution in [2.45, 2.75) is 25.8 Å². The zero-order chi connectivity index (χ0) is 16.5. The van der Waals surface area contributed by atoms with Crippen LogP contribution < -0.4 is 10.1 Å². The van der Waals surface area contributed by atoms with Crippen molar-refractivity contribution in [1.29, 1.82) is 0 Å². The van der Waals surface area contributed by atoms with Crippen LogP contribution in [0.5, 0.6) is 5.75 Å². The van der Waals surface area contributed by atoms with E-state index in [9.17, 15) is 4.79 Å². The molecular formula is C19H19N3O2. The summed E-state index contributed by atoms with van der Waals surface area (Å²) in [6, 6.07) is 13.7. The molecule has 0 bridgehead atoms. The number of amides is 1. The Hall–Kier alpha value is -2.82. The Labute approximate surface area is 140 Å². The molecular weight excluding hydrogens is 302 g/mol. The first-order valence-electron chi connectivity index (χ1n) is 8.17. The van der Waals surface area contributed by atoms with Crippen LogP contribution in [0.4, 0.5) is 0 Å². The highest BCUT2D eigenvalue weighted by Gasteiger charge is 2.16. The minimum absolute atomic E-state index is 0.0269. The third kappa shape index (κ3) is 2.85. The van der Waals surface area contributed by atoms with Crippen LogP contribution in [0.1, 0.15) is 29.9 Å². The molecule has 1 amide bonds. The van der Waals surface area contributed by atoms with Gasteiger partial charge in [-0.25, -0.2) is 4.98 Å². The maximum absolute atomic E-state index is 12.3. The third-order valence-electron chi connectivity index (χ3n) is 4.32. The lowest BCUT2D eigenvalue weighted by Crippen LogP contribution is -2.28. The van der Waals surface area contributed by atoms with Gasteiger partial charge in [-0.15, -0.1) is 0 Å². The summed E-state index contributed by atoms with van der Waals surface area (Å²) >= 11 is 0. The second-order valence-electron chi connectivity index (χ2n) is 6.15. The molecule has 2 aromatic carbocycles. The van der Waals surface area contributed by atoms with Gasteiger partial charge in [0.25, 0.3) is 0 Å². The summed E-state index contributed by atoms with van der Waals surface area (Å²) in [7, 11) is 0. The zero-order valence-electron chi connectivity index (χ0n) is 13.5. The monoisotopic (exact) mass is 321 g/mol. The normalized spacial score (nSPS) is 14.2. The Bertz CT molecular complexity index is 868. The maximum Gasteiger partial charge on any atom is 0.224 e. The molecule has 1 unspecified atom stereocenters. The molecule has 0 fully saturated rings. The second kappa shape index (κ2) is 6.00. The number of hydrogen-bond acceptors (Lipinski definition) is 3. The highest BCUT2D eigenvalue weighted by atomic mass is 16.5. The number of imidazole rings is 1. The molecule has 3 aromatic rings. The molecule has 5 nitrogen and oxygen atoms in total. The van der Waals surface area contributed by atoms with Crippen LogP contribution in [0, 0.1) is 0 Å². The predicted octanol–water partition coefficient (Wildman–Crippen LogP) is 2.92. The van der Waals surface area contributed by atoms with E-state index in [-0.39, 0.29) is 11.9 Å². The van der Waals surface area contributed by atoms with Crippen molar-refractivity contribution < 1.29 is 9.53 Å². The maximum atomic E-state index is 12.3. The number of hydrogen-bond donors (Lipinski definition) is 2. The molecule has 122 valence electrons. The Balaban J connectivity index is 1.43. The van der Waals surface area contributed by atoms with Crippen LogP contribution in [0.3, 0.4) is 0 Å². The van der Waals surface area contributed by atoms with Crippen molar-refractivity contribution in [2.75, 3.05) is 6.61 Å². The van der Waals surface area contributed by atoms with Gasteiger partial charge >= 0.3 is 0 Å². The fourth-order valence-electron chi connectivity index (χ4n) is 3.04. The van der Waals surface area contributed by atoms with E-state index in [1.165, 1.54) is 5.56 Å². The van der Waals surface area contributed by atoms with Gasteiger partial charge in [-0.1, -0.05) is 24.3 Å². The number of carbonyl (C=O) groups excluding carboxylic acids is 1. The van der Waals surface area contributed by atoms with E-state index in [0.29, 0.717) is 6.42 Å². The average molecular weight is 321 g/mol. The molecule has 1 aromatic heterocycles. The number of nitrogens with one attached hydrogen (secondary N) is 2. The van der Waals surface area contributed by atoms with Gasteiger partial charge in [0.05, 0.1) is 30.1 Å². The standard InChI is InChI=1S/C19H19N3O2/c1-12(19-21-15-4-2-3-5-16(15)22-19)20-18(23)11-13-6-7-14-8-9-24-17(14)10-13/h2-7,10,12H,8-9,11H2,1H3,(H,20,23)(H,21,22). The second-order valence-corrected chi connectivity index (χ2v) is 6.15. The lowest BCUT2D eigenvalue weighted by atomic mass is 10.1. The first-order chi connectivity index (χ1) is 11.7. The van der Waals surface area contributed by atoms with Crippen molar-refractivity contribution in [3.63, 3.8) is 0 Å². The molecule has 0 saturated carbocycles. The molecule has 0 radical (unpaired) electrons. The fourth-order valence-corrected chi connectivity index (χ4v) is 3.04. The quantitative estimate of drug-likeness (QED) is 0.776. The molecule has 24 heavy (non-hydrogen) atoms. The van der Waals surface area contributed by atoms with Gasteiger partial charge < -0.3 is 15.0 Å². The van der Waals surface area contributed by atoms with Crippen molar-refractivity contribution in [3.05, 3.63) is 59.4 Å². The first kappa shape index (κ1) is 14.8. The van der Waals surface area contributed by atoms with Crippen LogP contribution in [0.25, 0.3) is 11.0 Å². The van der Waals surface area contributed by atoms with E-state index in [4.69, 9.17) is 4.74 Å². The van der Waals surface area contributed by atoms with Gasteiger partial charge in [-0.3, -0.25) is 4.79 Å². The van der Waals surface area contributed by atoms with Gasteiger partial charge in [0.15, 0.2) is 0 Å². The Morgan fingerprint density at radius 3 is 3.08 bits per heavy atom. The van der Waals surface area contributed by atoms with Crippen molar-refractivity contribution in [1.82, 2.24) is 15.3 Å². The molecule has 0 aliphatic carbocycles. The molecule has 0 spiro atoms. The third-order valence-corrected chi connectivity index (χ3v) is 4.32. The van der Waals surface area contributed by atoms with E-state index >= 15 is 0 Å². The molecule has 2 N–H and O–H groups in total. The smallest absolute Gasteiger partial charge is 0.224 e. The topological polar surface area (TPSA) is 67.0 Å². The Kier molecular flexibility index (Phi) is 3.69. The Morgan fingerprint density at radius 2 is 2.21 bits per heavy atom. The summed E-state index contributed by atoms with van der Waals surface area (Å²) in [4.78, 5) is 20.1. The lowest BCUT2D eigenvalue weighted by molar-refractivity contribution is -0.121. The number of carbonyl (C=O) groups is 1. The number of para-hydroxylation sites is 2. The molecule has 0 saturated heterocycles. The van der Waals surface area contributed by atoms with E-state index in [1.54, 1.807) is 0 Å². The summed E-state index contributed by atoms with van der Waals surface area (Å²) in [6.45, 7) is 2.66. The highest BCUT2D eigenvalue weighted by molar-refractivity contribution is 5.79. The zero-order valence-corrected chi connectivity index (χ0v) is 13.5. The summed E-state index contributed by atoms with van der Waals surface area (Å²) in [6.07, 6.45) is 1.28. The fraction of sp³-hybridized carbons (Fsp3) is 0.263.